The van der Waals surface area contributed by atoms with E-state index in [1.54, 1.807) is 0 Å². The van der Waals surface area contributed by atoms with Crippen molar-refractivity contribution in [3.05, 3.63) is 35.4 Å². The number of rotatable bonds is 10. The average Bonchev–Trinajstić information content (AvgIpc) is 2.41. The second-order valence-corrected chi connectivity index (χ2v) is 5.45. The topological polar surface area (TPSA) is 12.0 Å². The van der Waals surface area contributed by atoms with E-state index in [4.69, 9.17) is 0 Å². The standard InChI is InChI=1S/C17H27F2N/c1-3-4-5-6-7-8-9-10-17(20-2)14-11-15(18)13-16(19)12-14/h11-13,17,20H,3-10H2,1-2H3. The van der Waals surface area contributed by atoms with Gasteiger partial charge in [0.1, 0.15) is 11.6 Å². The van der Waals surface area contributed by atoms with Gasteiger partial charge in [0, 0.05) is 12.1 Å². The van der Waals surface area contributed by atoms with Crippen LogP contribution in [0.2, 0.25) is 0 Å². The molecule has 1 atom stereocenters. The Balaban J connectivity index is 2.32. The number of hydrogen-bond acceptors (Lipinski definition) is 1. The van der Waals surface area contributed by atoms with Gasteiger partial charge in [-0.25, -0.2) is 8.78 Å². The first-order valence-electron chi connectivity index (χ1n) is 7.80. The highest BCUT2D eigenvalue weighted by Crippen LogP contribution is 2.22. The van der Waals surface area contributed by atoms with Crippen molar-refractivity contribution in [2.75, 3.05) is 7.05 Å². The van der Waals surface area contributed by atoms with E-state index in [9.17, 15) is 8.78 Å². The molecule has 1 aromatic carbocycles. The van der Waals surface area contributed by atoms with Gasteiger partial charge in [0.05, 0.1) is 0 Å². The zero-order valence-corrected chi connectivity index (χ0v) is 12.7. The predicted molar refractivity (Wildman–Crippen MR) is 80.8 cm³/mol. The van der Waals surface area contributed by atoms with Crippen LogP contribution in [-0.2, 0) is 0 Å². The lowest BCUT2D eigenvalue weighted by Crippen LogP contribution is -2.16. The lowest BCUT2D eigenvalue weighted by Gasteiger charge is -2.16. The molecule has 0 saturated heterocycles. The number of halogens is 2. The fourth-order valence-electron chi connectivity index (χ4n) is 2.56. The molecule has 0 spiro atoms. The van der Waals surface area contributed by atoms with E-state index in [-0.39, 0.29) is 6.04 Å². The molecule has 0 radical (unpaired) electrons. The second-order valence-electron chi connectivity index (χ2n) is 5.45. The van der Waals surface area contributed by atoms with Crippen LogP contribution in [0, 0.1) is 11.6 Å². The number of hydrogen-bond donors (Lipinski definition) is 1. The van der Waals surface area contributed by atoms with Crippen LogP contribution in [0.4, 0.5) is 8.78 Å². The summed E-state index contributed by atoms with van der Waals surface area (Å²) < 4.78 is 26.4. The van der Waals surface area contributed by atoms with Gasteiger partial charge in [-0.05, 0) is 31.2 Å². The molecule has 1 nitrogen and oxygen atoms in total. The summed E-state index contributed by atoms with van der Waals surface area (Å²) in [7, 11) is 1.84. The van der Waals surface area contributed by atoms with E-state index in [1.807, 2.05) is 7.05 Å². The van der Waals surface area contributed by atoms with Crippen molar-refractivity contribution in [2.24, 2.45) is 0 Å². The largest absolute Gasteiger partial charge is 0.313 e. The lowest BCUT2D eigenvalue weighted by molar-refractivity contribution is 0.488. The zero-order chi connectivity index (χ0) is 14.8. The molecule has 1 aromatic rings. The Labute approximate surface area is 121 Å². The van der Waals surface area contributed by atoms with Crippen molar-refractivity contribution >= 4 is 0 Å². The van der Waals surface area contributed by atoms with Crippen molar-refractivity contribution < 1.29 is 8.78 Å². The molecule has 114 valence electrons. The molecule has 3 heteroatoms. The van der Waals surface area contributed by atoms with Crippen LogP contribution >= 0.6 is 0 Å². The van der Waals surface area contributed by atoms with E-state index in [2.05, 4.69) is 12.2 Å². The van der Waals surface area contributed by atoms with Gasteiger partial charge >= 0.3 is 0 Å². The first kappa shape index (κ1) is 17.1. The fourth-order valence-corrected chi connectivity index (χ4v) is 2.56. The highest BCUT2D eigenvalue weighted by atomic mass is 19.1. The molecular formula is C17H27F2N. The zero-order valence-electron chi connectivity index (χ0n) is 12.7. The lowest BCUT2D eigenvalue weighted by atomic mass is 9.99. The third-order valence-electron chi connectivity index (χ3n) is 3.73. The number of nitrogens with one attached hydrogen (secondary N) is 1. The van der Waals surface area contributed by atoms with E-state index >= 15 is 0 Å². The molecule has 0 heterocycles. The maximum absolute atomic E-state index is 13.2. The van der Waals surface area contributed by atoms with Crippen LogP contribution in [-0.4, -0.2) is 7.05 Å². The van der Waals surface area contributed by atoms with E-state index in [0.717, 1.165) is 18.9 Å². The Kier molecular flexibility index (Phi) is 8.43. The van der Waals surface area contributed by atoms with Gasteiger partial charge in [0.2, 0.25) is 0 Å². The van der Waals surface area contributed by atoms with Crippen LogP contribution in [0.15, 0.2) is 18.2 Å². The third kappa shape index (κ3) is 6.47. The highest BCUT2D eigenvalue weighted by molar-refractivity contribution is 5.21. The molecule has 0 aliphatic heterocycles. The van der Waals surface area contributed by atoms with Crippen molar-refractivity contribution in [3.8, 4) is 0 Å². The van der Waals surface area contributed by atoms with Crippen LogP contribution in [0.25, 0.3) is 0 Å². The maximum atomic E-state index is 13.2. The fraction of sp³-hybridized carbons (Fsp3) is 0.647. The normalized spacial score (nSPS) is 12.6. The van der Waals surface area contributed by atoms with Crippen molar-refractivity contribution in [1.82, 2.24) is 5.32 Å². The van der Waals surface area contributed by atoms with Gasteiger partial charge in [-0.1, -0.05) is 51.9 Å². The van der Waals surface area contributed by atoms with Gasteiger partial charge in [0.15, 0.2) is 0 Å². The van der Waals surface area contributed by atoms with E-state index in [1.165, 1.54) is 50.7 Å². The van der Waals surface area contributed by atoms with Gasteiger partial charge < -0.3 is 5.32 Å². The summed E-state index contributed by atoms with van der Waals surface area (Å²) in [5.74, 6) is -1.00. The summed E-state index contributed by atoms with van der Waals surface area (Å²) in [4.78, 5) is 0. The van der Waals surface area contributed by atoms with E-state index in [0.29, 0.717) is 5.56 Å². The van der Waals surface area contributed by atoms with Gasteiger partial charge in [0.25, 0.3) is 0 Å². The van der Waals surface area contributed by atoms with E-state index < -0.39 is 11.6 Å². The molecule has 1 unspecified atom stereocenters. The average molecular weight is 283 g/mol. The molecule has 20 heavy (non-hydrogen) atoms. The maximum Gasteiger partial charge on any atom is 0.126 e. The molecule has 0 aromatic heterocycles. The number of unbranched alkanes of at least 4 members (excludes halogenated alkanes) is 6. The monoisotopic (exact) mass is 283 g/mol. The smallest absolute Gasteiger partial charge is 0.126 e. The summed E-state index contributed by atoms with van der Waals surface area (Å²) in [5, 5.41) is 3.15. The minimum Gasteiger partial charge on any atom is -0.313 e. The Morgan fingerprint density at radius 3 is 2.00 bits per heavy atom. The van der Waals surface area contributed by atoms with Crippen molar-refractivity contribution in [2.45, 2.75) is 64.3 Å². The highest BCUT2D eigenvalue weighted by Gasteiger charge is 2.11. The molecule has 1 N–H and O–H groups in total. The summed E-state index contributed by atoms with van der Waals surface area (Å²) in [5.41, 5.74) is 0.705. The molecule has 0 aliphatic rings. The minimum atomic E-state index is -0.500. The summed E-state index contributed by atoms with van der Waals surface area (Å²) in [6.45, 7) is 2.22. The molecule has 0 amide bonds. The van der Waals surface area contributed by atoms with Crippen LogP contribution in [0.5, 0.6) is 0 Å². The molecule has 0 aliphatic carbocycles. The molecule has 1 rings (SSSR count). The van der Waals surface area contributed by atoms with Crippen LogP contribution in [0.1, 0.15) is 69.9 Å². The predicted octanol–water partition coefficient (Wildman–Crippen LogP) is 5.37. The quantitative estimate of drug-likeness (QED) is 0.569. The Bertz CT molecular complexity index is 359. The SMILES string of the molecule is CCCCCCCCCC(NC)c1cc(F)cc(F)c1. The summed E-state index contributed by atoms with van der Waals surface area (Å²) in [6.07, 6.45) is 9.68. The molecule has 0 saturated carbocycles. The molecular weight excluding hydrogens is 256 g/mol. The molecule has 0 fully saturated rings. The first-order chi connectivity index (χ1) is 9.67. The van der Waals surface area contributed by atoms with Crippen LogP contribution in [0.3, 0.4) is 0 Å². The van der Waals surface area contributed by atoms with Crippen molar-refractivity contribution in [3.63, 3.8) is 0 Å². The first-order valence-corrected chi connectivity index (χ1v) is 7.80. The van der Waals surface area contributed by atoms with Gasteiger partial charge in [-0.2, -0.15) is 0 Å². The number of benzene rings is 1. The Hall–Kier alpha value is -0.960. The third-order valence-corrected chi connectivity index (χ3v) is 3.73. The second kappa shape index (κ2) is 9.87. The van der Waals surface area contributed by atoms with Crippen LogP contribution < -0.4 is 5.32 Å². The van der Waals surface area contributed by atoms with Gasteiger partial charge in [-0.15, -0.1) is 0 Å². The van der Waals surface area contributed by atoms with Gasteiger partial charge in [-0.3, -0.25) is 0 Å². The summed E-state index contributed by atoms with van der Waals surface area (Å²) >= 11 is 0. The summed E-state index contributed by atoms with van der Waals surface area (Å²) in [6, 6.07) is 3.80. The molecule has 0 bridgehead atoms. The van der Waals surface area contributed by atoms with Crippen molar-refractivity contribution in [1.29, 1.82) is 0 Å². The minimum absolute atomic E-state index is 0.0378. The Morgan fingerprint density at radius 2 is 1.45 bits per heavy atom. The Morgan fingerprint density at radius 1 is 0.900 bits per heavy atom.